The van der Waals surface area contributed by atoms with Gasteiger partial charge in [0.1, 0.15) is 21.8 Å². The van der Waals surface area contributed by atoms with Crippen LogP contribution in [0.4, 0.5) is 11.5 Å². The molecule has 1 unspecified atom stereocenters. The van der Waals surface area contributed by atoms with E-state index in [-0.39, 0.29) is 11.4 Å². The molecule has 2 aromatic heterocycles. The van der Waals surface area contributed by atoms with E-state index in [9.17, 15) is 9.00 Å². The Kier molecular flexibility index (Phi) is 6.11. The molecule has 3 rings (SSSR count). The number of benzene rings is 1. The summed E-state index contributed by atoms with van der Waals surface area (Å²) >= 11 is 1.47. The van der Waals surface area contributed by atoms with E-state index in [1.165, 1.54) is 18.3 Å². The number of anilines is 2. The summed E-state index contributed by atoms with van der Waals surface area (Å²) in [6.07, 6.45) is 3.43. The lowest BCUT2D eigenvalue weighted by molar-refractivity contribution is -0.114. The maximum absolute atomic E-state index is 13.1. The number of nitrogen functional groups attached to an aromatic ring is 1. The fourth-order valence-electron chi connectivity index (χ4n) is 2.56. The van der Waals surface area contributed by atoms with Crippen molar-refractivity contribution in [1.82, 2.24) is 14.7 Å². The number of nitrogens with one attached hydrogen (secondary N) is 2. The van der Waals surface area contributed by atoms with Crippen LogP contribution < -0.4 is 15.8 Å². The zero-order chi connectivity index (χ0) is 21.2. The van der Waals surface area contributed by atoms with Crippen LogP contribution in [0, 0.1) is 0 Å². The highest BCUT2D eigenvalue weighted by Crippen LogP contribution is 2.36. The highest BCUT2D eigenvalue weighted by molar-refractivity contribution is 7.83. The van der Waals surface area contributed by atoms with Crippen LogP contribution >= 0.6 is 11.3 Å². The molecule has 7 nitrogen and oxygen atoms in total. The predicted molar refractivity (Wildman–Crippen MR) is 119 cm³/mol. The summed E-state index contributed by atoms with van der Waals surface area (Å²) in [6.45, 7) is 7.28. The Morgan fingerprint density at radius 1 is 1.14 bits per heavy atom. The Hall–Kier alpha value is -2.62. The number of hydrogen-bond donors (Lipinski definition) is 3. The first-order chi connectivity index (χ1) is 13.6. The highest BCUT2D eigenvalue weighted by atomic mass is 32.2. The van der Waals surface area contributed by atoms with Crippen LogP contribution in [0.25, 0.3) is 21.0 Å². The average Bonchev–Trinajstić information content (AvgIpc) is 3.10. The molecule has 0 aliphatic heterocycles. The molecule has 1 atom stereocenters. The SMILES string of the molecule is CC(=O)Nc1ccc(-c2cnc(-c3ccc(N)nc3)s2)c(S(=O)NC(C)(C)C)c1. The molecule has 0 fully saturated rings. The van der Waals surface area contributed by atoms with Gasteiger partial charge in [0.2, 0.25) is 5.91 Å². The van der Waals surface area contributed by atoms with Crippen molar-refractivity contribution >= 4 is 39.7 Å². The molecule has 0 aliphatic rings. The van der Waals surface area contributed by atoms with Crippen LogP contribution in [0.15, 0.2) is 47.6 Å². The standard InChI is InChI=1S/C20H23N5O2S2/c1-12(26)24-14-6-7-15(17(9-14)29(27)25-20(2,3)4)16-11-23-19(28-16)13-5-8-18(21)22-10-13/h5-11,25H,1-4H3,(H2,21,22)(H,24,26). The van der Waals surface area contributed by atoms with Crippen LogP contribution in [0.2, 0.25) is 0 Å². The molecule has 3 aromatic rings. The van der Waals surface area contributed by atoms with Crippen LogP contribution in [0.3, 0.4) is 0 Å². The third-order valence-corrected chi connectivity index (χ3v) is 6.32. The van der Waals surface area contributed by atoms with E-state index in [4.69, 9.17) is 5.73 Å². The monoisotopic (exact) mass is 429 g/mol. The van der Waals surface area contributed by atoms with E-state index in [2.05, 4.69) is 20.0 Å². The number of carbonyl (C=O) groups is 1. The number of thiazole rings is 1. The van der Waals surface area contributed by atoms with Gasteiger partial charge in [0.15, 0.2) is 0 Å². The lowest BCUT2D eigenvalue weighted by Gasteiger charge is -2.21. The van der Waals surface area contributed by atoms with E-state index in [0.29, 0.717) is 16.4 Å². The fourth-order valence-corrected chi connectivity index (χ4v) is 4.85. The third kappa shape index (κ3) is 5.47. The topological polar surface area (TPSA) is 110 Å². The minimum atomic E-state index is -1.48. The number of hydrogen-bond acceptors (Lipinski definition) is 6. The number of carbonyl (C=O) groups excluding carboxylic acids is 1. The summed E-state index contributed by atoms with van der Waals surface area (Å²) in [5.41, 5.74) is 7.55. The summed E-state index contributed by atoms with van der Waals surface area (Å²) in [7, 11) is -1.48. The van der Waals surface area contributed by atoms with Gasteiger partial charge in [0.05, 0.1) is 9.77 Å². The summed E-state index contributed by atoms with van der Waals surface area (Å²) in [6, 6.07) is 8.97. The van der Waals surface area contributed by atoms with Gasteiger partial charge in [-0.05, 0) is 45.0 Å². The van der Waals surface area contributed by atoms with Crippen molar-refractivity contribution in [3.05, 3.63) is 42.7 Å². The quantitative estimate of drug-likeness (QED) is 0.571. The second kappa shape index (κ2) is 8.40. The molecule has 9 heteroatoms. The zero-order valence-corrected chi connectivity index (χ0v) is 18.3. The van der Waals surface area contributed by atoms with Crippen molar-refractivity contribution in [3.63, 3.8) is 0 Å². The van der Waals surface area contributed by atoms with E-state index in [1.54, 1.807) is 30.6 Å². The van der Waals surface area contributed by atoms with Crippen LogP contribution in [-0.4, -0.2) is 25.6 Å². The number of pyridine rings is 1. The van der Waals surface area contributed by atoms with Gasteiger partial charge in [-0.1, -0.05) is 6.07 Å². The first-order valence-electron chi connectivity index (χ1n) is 8.92. The number of nitrogens with zero attached hydrogens (tertiary/aromatic N) is 2. The Balaban J connectivity index is 2.02. The normalized spacial score (nSPS) is 12.6. The van der Waals surface area contributed by atoms with Gasteiger partial charge in [-0.3, -0.25) is 4.79 Å². The van der Waals surface area contributed by atoms with Gasteiger partial charge < -0.3 is 11.1 Å². The summed E-state index contributed by atoms with van der Waals surface area (Å²) < 4.78 is 16.1. The number of rotatable bonds is 5. The van der Waals surface area contributed by atoms with E-state index in [1.807, 2.05) is 32.9 Å². The van der Waals surface area contributed by atoms with Crippen molar-refractivity contribution in [2.75, 3.05) is 11.1 Å². The molecule has 2 heterocycles. The molecule has 0 spiro atoms. The second-order valence-corrected chi connectivity index (χ2v) is 9.73. The number of nitrogens with two attached hydrogens (primary N) is 1. The summed E-state index contributed by atoms with van der Waals surface area (Å²) in [4.78, 5) is 21.5. The fraction of sp³-hybridized carbons (Fsp3) is 0.250. The van der Waals surface area contributed by atoms with E-state index in [0.717, 1.165) is 21.0 Å². The highest BCUT2D eigenvalue weighted by Gasteiger charge is 2.20. The largest absolute Gasteiger partial charge is 0.384 e. The maximum atomic E-state index is 13.1. The van der Waals surface area contributed by atoms with E-state index < -0.39 is 11.0 Å². The minimum Gasteiger partial charge on any atom is -0.384 e. The molecule has 0 bridgehead atoms. The van der Waals surface area contributed by atoms with Gasteiger partial charge in [0.25, 0.3) is 0 Å². The molecule has 0 radical (unpaired) electrons. The molecule has 29 heavy (non-hydrogen) atoms. The van der Waals surface area contributed by atoms with Gasteiger partial charge in [-0.15, -0.1) is 11.3 Å². The Morgan fingerprint density at radius 3 is 2.52 bits per heavy atom. The minimum absolute atomic E-state index is 0.186. The van der Waals surface area contributed by atoms with Crippen molar-refractivity contribution in [1.29, 1.82) is 0 Å². The van der Waals surface area contributed by atoms with Crippen LogP contribution in [0.5, 0.6) is 0 Å². The maximum Gasteiger partial charge on any atom is 0.221 e. The lowest BCUT2D eigenvalue weighted by Crippen LogP contribution is -2.37. The van der Waals surface area contributed by atoms with Crippen molar-refractivity contribution in [2.24, 2.45) is 0 Å². The van der Waals surface area contributed by atoms with Gasteiger partial charge in [-0.25, -0.2) is 18.9 Å². The molecule has 1 aromatic carbocycles. The number of amides is 1. The van der Waals surface area contributed by atoms with Crippen molar-refractivity contribution < 1.29 is 9.00 Å². The summed E-state index contributed by atoms with van der Waals surface area (Å²) in [5.74, 6) is 0.263. The van der Waals surface area contributed by atoms with Gasteiger partial charge in [0, 0.05) is 41.7 Å². The number of aromatic nitrogens is 2. The predicted octanol–water partition coefficient (Wildman–Crippen LogP) is 3.82. The molecule has 4 N–H and O–H groups in total. The molecular weight excluding hydrogens is 406 g/mol. The van der Waals surface area contributed by atoms with Crippen LogP contribution in [-0.2, 0) is 15.8 Å². The molecule has 0 aliphatic carbocycles. The Labute approximate surface area is 176 Å². The third-order valence-electron chi connectivity index (χ3n) is 3.71. The first-order valence-corrected chi connectivity index (χ1v) is 10.9. The summed E-state index contributed by atoms with van der Waals surface area (Å²) in [5, 5.41) is 3.54. The van der Waals surface area contributed by atoms with E-state index >= 15 is 0 Å². The van der Waals surface area contributed by atoms with Crippen LogP contribution in [0.1, 0.15) is 27.7 Å². The Bertz CT molecular complexity index is 1060. The lowest BCUT2D eigenvalue weighted by atomic mass is 10.1. The second-order valence-electron chi connectivity index (χ2n) is 7.51. The zero-order valence-electron chi connectivity index (χ0n) is 16.6. The Morgan fingerprint density at radius 2 is 1.90 bits per heavy atom. The molecule has 0 saturated carbocycles. The van der Waals surface area contributed by atoms with Gasteiger partial charge in [-0.2, -0.15) is 0 Å². The van der Waals surface area contributed by atoms with Gasteiger partial charge >= 0.3 is 0 Å². The molecular formula is C20H23N5O2S2. The van der Waals surface area contributed by atoms with Crippen molar-refractivity contribution in [3.8, 4) is 21.0 Å². The smallest absolute Gasteiger partial charge is 0.221 e. The molecule has 0 saturated heterocycles. The van der Waals surface area contributed by atoms with Crippen molar-refractivity contribution in [2.45, 2.75) is 38.1 Å². The first kappa shape index (κ1) is 21.1. The average molecular weight is 430 g/mol. The molecule has 152 valence electrons. The molecule has 1 amide bonds.